The molecule has 0 bridgehead atoms. The van der Waals surface area contributed by atoms with Gasteiger partial charge >= 0.3 is 0 Å². The van der Waals surface area contributed by atoms with E-state index in [2.05, 4.69) is 10.0 Å². The molecule has 0 aromatic rings. The van der Waals surface area contributed by atoms with Gasteiger partial charge in [0.05, 0.1) is 0 Å². The molecule has 1 rings (SSSR count). The number of rotatable bonds is 4. The van der Waals surface area contributed by atoms with E-state index in [1.807, 2.05) is 0 Å². The van der Waals surface area contributed by atoms with Crippen molar-refractivity contribution in [3.8, 4) is 0 Å². The van der Waals surface area contributed by atoms with E-state index >= 15 is 0 Å². The summed E-state index contributed by atoms with van der Waals surface area (Å²) >= 11 is 0. The Balaban J connectivity index is 2.04. The van der Waals surface area contributed by atoms with Gasteiger partial charge in [-0.3, -0.25) is 0 Å². The van der Waals surface area contributed by atoms with Crippen molar-refractivity contribution in [2.45, 2.75) is 6.42 Å². The van der Waals surface area contributed by atoms with Gasteiger partial charge in [-0.2, -0.15) is 8.42 Å². The molecule has 5 nitrogen and oxygen atoms in total. The predicted molar refractivity (Wildman–Crippen MR) is 42.1 cm³/mol. The first-order valence-electron chi connectivity index (χ1n) is 3.56. The van der Waals surface area contributed by atoms with E-state index in [1.165, 1.54) is 0 Å². The Morgan fingerprint density at radius 1 is 1.55 bits per heavy atom. The SMILES string of the molecule is NS(=O)(=O)NCCC1CNC1. The Labute approximate surface area is 66.5 Å². The lowest BCUT2D eigenvalue weighted by molar-refractivity contribution is 0.328. The van der Waals surface area contributed by atoms with Crippen molar-refractivity contribution in [1.29, 1.82) is 0 Å². The van der Waals surface area contributed by atoms with Gasteiger partial charge in [0.1, 0.15) is 0 Å². The lowest BCUT2D eigenvalue weighted by Gasteiger charge is -2.26. The molecule has 1 heterocycles. The van der Waals surface area contributed by atoms with Gasteiger partial charge in [0.25, 0.3) is 10.2 Å². The van der Waals surface area contributed by atoms with Crippen LogP contribution in [0.5, 0.6) is 0 Å². The summed E-state index contributed by atoms with van der Waals surface area (Å²) in [5.41, 5.74) is 0. The third kappa shape index (κ3) is 3.66. The molecule has 1 aliphatic rings. The monoisotopic (exact) mass is 179 g/mol. The summed E-state index contributed by atoms with van der Waals surface area (Å²) in [4.78, 5) is 0. The van der Waals surface area contributed by atoms with Crippen molar-refractivity contribution in [2.24, 2.45) is 11.1 Å². The molecular formula is C5H13N3O2S. The molecular weight excluding hydrogens is 166 g/mol. The van der Waals surface area contributed by atoms with E-state index in [0.717, 1.165) is 19.5 Å². The molecule has 1 saturated heterocycles. The van der Waals surface area contributed by atoms with Gasteiger partial charge in [-0.05, 0) is 25.4 Å². The lowest BCUT2D eigenvalue weighted by atomic mass is 10.00. The summed E-state index contributed by atoms with van der Waals surface area (Å²) in [5.74, 6) is 0.615. The molecule has 0 unspecified atom stereocenters. The summed E-state index contributed by atoms with van der Waals surface area (Å²) in [6.45, 7) is 2.43. The maximum Gasteiger partial charge on any atom is 0.274 e. The molecule has 0 saturated carbocycles. The average molecular weight is 179 g/mol. The minimum absolute atomic E-state index is 0.450. The quantitative estimate of drug-likeness (QED) is 0.485. The largest absolute Gasteiger partial charge is 0.316 e. The standard InChI is InChI=1S/C5H13N3O2S/c6-11(9,10)8-2-1-5-3-7-4-5/h5,7-8H,1-4H2,(H2,6,9,10). The van der Waals surface area contributed by atoms with Gasteiger partial charge in [-0.15, -0.1) is 0 Å². The van der Waals surface area contributed by atoms with E-state index in [0.29, 0.717) is 12.5 Å². The fraction of sp³-hybridized carbons (Fsp3) is 1.00. The van der Waals surface area contributed by atoms with Crippen LogP contribution in [0.15, 0.2) is 0 Å². The van der Waals surface area contributed by atoms with Crippen LogP contribution >= 0.6 is 0 Å². The van der Waals surface area contributed by atoms with E-state index in [9.17, 15) is 8.42 Å². The van der Waals surface area contributed by atoms with E-state index in [4.69, 9.17) is 5.14 Å². The molecule has 4 N–H and O–H groups in total. The topological polar surface area (TPSA) is 84.2 Å². The van der Waals surface area contributed by atoms with Gasteiger partial charge < -0.3 is 5.32 Å². The van der Waals surface area contributed by atoms with Crippen LogP contribution in [-0.4, -0.2) is 28.1 Å². The van der Waals surface area contributed by atoms with Crippen molar-refractivity contribution in [1.82, 2.24) is 10.0 Å². The van der Waals surface area contributed by atoms with Crippen LogP contribution in [0.25, 0.3) is 0 Å². The van der Waals surface area contributed by atoms with Crippen LogP contribution < -0.4 is 15.2 Å². The van der Waals surface area contributed by atoms with Crippen LogP contribution in [0.3, 0.4) is 0 Å². The molecule has 11 heavy (non-hydrogen) atoms. The highest BCUT2D eigenvalue weighted by Gasteiger charge is 2.16. The molecule has 0 amide bonds. The second-order valence-corrected chi connectivity index (χ2v) is 4.13. The average Bonchev–Trinajstić information content (AvgIpc) is 1.73. The molecule has 0 spiro atoms. The first-order chi connectivity index (χ1) is 5.08. The highest BCUT2D eigenvalue weighted by Crippen LogP contribution is 2.06. The number of hydrogen-bond donors (Lipinski definition) is 3. The molecule has 0 aromatic carbocycles. The summed E-state index contributed by atoms with van der Waals surface area (Å²) in [7, 11) is -3.47. The number of hydrogen-bond acceptors (Lipinski definition) is 3. The number of nitrogens with one attached hydrogen (secondary N) is 2. The Hall–Kier alpha value is -0.170. The molecule has 1 aliphatic heterocycles. The van der Waals surface area contributed by atoms with Crippen LogP contribution in [0.1, 0.15) is 6.42 Å². The Morgan fingerprint density at radius 3 is 2.55 bits per heavy atom. The van der Waals surface area contributed by atoms with Crippen LogP contribution in [-0.2, 0) is 10.2 Å². The summed E-state index contributed by atoms with van der Waals surface area (Å²) in [5, 5.41) is 7.83. The maximum absolute atomic E-state index is 10.4. The highest BCUT2D eigenvalue weighted by molar-refractivity contribution is 7.87. The van der Waals surface area contributed by atoms with Gasteiger partial charge in [0.2, 0.25) is 0 Å². The number of nitrogens with two attached hydrogens (primary N) is 1. The molecule has 0 atom stereocenters. The zero-order valence-corrected chi connectivity index (χ0v) is 7.02. The normalized spacial score (nSPS) is 19.7. The zero-order valence-electron chi connectivity index (χ0n) is 6.21. The third-order valence-electron chi connectivity index (χ3n) is 1.72. The van der Waals surface area contributed by atoms with Crippen molar-refractivity contribution in [2.75, 3.05) is 19.6 Å². The minimum Gasteiger partial charge on any atom is -0.316 e. The first-order valence-corrected chi connectivity index (χ1v) is 5.10. The van der Waals surface area contributed by atoms with Gasteiger partial charge in [-0.25, -0.2) is 9.86 Å². The Bertz CT molecular complexity index is 210. The summed E-state index contributed by atoms with van der Waals surface area (Å²) in [6, 6.07) is 0. The molecule has 0 radical (unpaired) electrons. The Morgan fingerprint density at radius 2 is 2.18 bits per heavy atom. The second-order valence-electron chi connectivity index (χ2n) is 2.75. The third-order valence-corrected chi connectivity index (χ3v) is 2.33. The smallest absolute Gasteiger partial charge is 0.274 e. The van der Waals surface area contributed by atoms with E-state index < -0.39 is 10.2 Å². The van der Waals surface area contributed by atoms with E-state index in [-0.39, 0.29) is 0 Å². The zero-order chi connectivity index (χ0) is 8.32. The molecule has 0 aliphatic carbocycles. The van der Waals surface area contributed by atoms with Crippen molar-refractivity contribution < 1.29 is 8.42 Å². The van der Waals surface area contributed by atoms with Crippen LogP contribution in [0.4, 0.5) is 0 Å². The van der Waals surface area contributed by atoms with Crippen LogP contribution in [0.2, 0.25) is 0 Å². The van der Waals surface area contributed by atoms with Gasteiger partial charge in [-0.1, -0.05) is 0 Å². The maximum atomic E-state index is 10.4. The van der Waals surface area contributed by atoms with Crippen molar-refractivity contribution in [3.63, 3.8) is 0 Å². The molecule has 6 heteroatoms. The molecule has 66 valence electrons. The summed E-state index contributed by atoms with van der Waals surface area (Å²) < 4.78 is 23.0. The lowest BCUT2D eigenvalue weighted by Crippen LogP contribution is -2.44. The Kier molecular flexibility index (Phi) is 2.83. The molecule has 1 fully saturated rings. The van der Waals surface area contributed by atoms with Crippen LogP contribution in [0, 0.1) is 5.92 Å². The molecule has 0 aromatic heterocycles. The van der Waals surface area contributed by atoms with Gasteiger partial charge in [0, 0.05) is 6.54 Å². The van der Waals surface area contributed by atoms with Crippen molar-refractivity contribution >= 4 is 10.2 Å². The highest BCUT2D eigenvalue weighted by atomic mass is 32.2. The first kappa shape index (κ1) is 8.92. The fourth-order valence-electron chi connectivity index (χ4n) is 0.958. The van der Waals surface area contributed by atoms with Gasteiger partial charge in [0.15, 0.2) is 0 Å². The van der Waals surface area contributed by atoms with E-state index in [1.54, 1.807) is 0 Å². The summed E-state index contributed by atoms with van der Waals surface area (Å²) in [6.07, 6.45) is 0.865. The predicted octanol–water partition coefficient (Wildman–Crippen LogP) is -1.61. The fourth-order valence-corrected chi connectivity index (χ4v) is 1.36. The van der Waals surface area contributed by atoms with Crippen molar-refractivity contribution in [3.05, 3.63) is 0 Å². The minimum atomic E-state index is -3.47. The second kappa shape index (κ2) is 3.48.